The van der Waals surface area contributed by atoms with Crippen LogP contribution in [0, 0.1) is 29.6 Å². The summed E-state index contributed by atoms with van der Waals surface area (Å²) < 4.78 is 0. The minimum atomic E-state index is -0.319. The summed E-state index contributed by atoms with van der Waals surface area (Å²) in [6.45, 7) is 0.451. The normalized spacial score (nSPS) is 33.3. The van der Waals surface area contributed by atoms with Gasteiger partial charge in [0.15, 0.2) is 0 Å². The van der Waals surface area contributed by atoms with E-state index in [1.807, 2.05) is 0 Å². The van der Waals surface area contributed by atoms with Crippen molar-refractivity contribution >= 4 is 11.8 Å². The summed E-state index contributed by atoms with van der Waals surface area (Å²) in [5.41, 5.74) is 0. The number of hydrogen-bond acceptors (Lipinski definition) is 4. The molecule has 19 heavy (non-hydrogen) atoms. The lowest BCUT2D eigenvalue weighted by Crippen LogP contribution is -2.29. The third-order valence-corrected chi connectivity index (χ3v) is 4.23. The highest BCUT2D eigenvalue weighted by Gasteiger charge is 2.49. The SMILES string of the molecule is O=C1CCC(=O)N1OOCC1C2CCC#CCCC21. The highest BCUT2D eigenvalue weighted by Crippen LogP contribution is 2.52. The van der Waals surface area contributed by atoms with Gasteiger partial charge in [-0.25, -0.2) is 4.89 Å². The van der Waals surface area contributed by atoms with Gasteiger partial charge in [0.25, 0.3) is 11.8 Å². The molecule has 2 aliphatic carbocycles. The number of carbonyl (C=O) groups excluding carboxylic acids is 2. The topological polar surface area (TPSA) is 55.8 Å². The van der Waals surface area contributed by atoms with Gasteiger partial charge in [0.1, 0.15) is 0 Å². The molecule has 0 N–H and O–H groups in total. The van der Waals surface area contributed by atoms with E-state index in [2.05, 4.69) is 11.8 Å². The molecule has 3 aliphatic rings. The van der Waals surface area contributed by atoms with Gasteiger partial charge in [-0.15, -0.1) is 21.9 Å². The summed E-state index contributed by atoms with van der Waals surface area (Å²) in [5, 5.41) is 0.744. The van der Waals surface area contributed by atoms with Gasteiger partial charge in [-0.05, 0) is 30.6 Å². The quantitative estimate of drug-likeness (QED) is 0.333. The second kappa shape index (κ2) is 5.32. The van der Waals surface area contributed by atoms with Crippen LogP contribution in [0.1, 0.15) is 38.5 Å². The van der Waals surface area contributed by atoms with Crippen molar-refractivity contribution < 1.29 is 19.5 Å². The summed E-state index contributed by atoms with van der Waals surface area (Å²) in [4.78, 5) is 32.6. The molecule has 1 heterocycles. The number of amides is 2. The Kier molecular flexibility index (Phi) is 3.54. The molecule has 3 rings (SSSR count). The van der Waals surface area contributed by atoms with E-state index < -0.39 is 0 Å². The molecule has 0 bridgehead atoms. The smallest absolute Gasteiger partial charge is 0.256 e. The van der Waals surface area contributed by atoms with Crippen LogP contribution < -0.4 is 0 Å². The standard InChI is InChI=1S/C14H17NO4/c16-13-7-8-14(17)15(13)19-18-9-12-10-5-3-1-2-4-6-11(10)12/h10-12H,3-9H2. The van der Waals surface area contributed by atoms with E-state index in [-0.39, 0.29) is 24.7 Å². The van der Waals surface area contributed by atoms with E-state index in [4.69, 9.17) is 9.88 Å². The van der Waals surface area contributed by atoms with E-state index in [1.165, 1.54) is 0 Å². The molecule has 2 atom stereocenters. The van der Waals surface area contributed by atoms with Crippen molar-refractivity contribution in [2.75, 3.05) is 6.61 Å². The Morgan fingerprint density at radius 1 is 1.05 bits per heavy atom. The molecule has 2 amide bonds. The molecular weight excluding hydrogens is 246 g/mol. The zero-order valence-electron chi connectivity index (χ0n) is 10.8. The number of nitrogens with zero attached hydrogens (tertiary/aromatic N) is 1. The first-order valence-electron chi connectivity index (χ1n) is 6.88. The molecule has 102 valence electrons. The van der Waals surface area contributed by atoms with Crippen molar-refractivity contribution in [2.45, 2.75) is 38.5 Å². The molecule has 0 aromatic carbocycles. The van der Waals surface area contributed by atoms with E-state index >= 15 is 0 Å². The Morgan fingerprint density at radius 2 is 1.63 bits per heavy atom. The Morgan fingerprint density at radius 3 is 2.21 bits per heavy atom. The number of rotatable bonds is 4. The number of imide groups is 1. The summed E-state index contributed by atoms with van der Waals surface area (Å²) in [6, 6.07) is 0. The lowest BCUT2D eigenvalue weighted by Gasteiger charge is -2.11. The molecule has 0 aromatic heterocycles. The predicted molar refractivity (Wildman–Crippen MR) is 64.8 cm³/mol. The molecule has 0 radical (unpaired) electrons. The average Bonchev–Trinajstić information content (AvgIpc) is 2.89. The monoisotopic (exact) mass is 263 g/mol. The van der Waals surface area contributed by atoms with Gasteiger partial charge in [-0.1, -0.05) is 0 Å². The minimum absolute atomic E-state index is 0.216. The lowest BCUT2D eigenvalue weighted by atomic mass is 10.1. The van der Waals surface area contributed by atoms with Crippen LogP contribution in [-0.4, -0.2) is 23.5 Å². The number of hydroxylamine groups is 2. The van der Waals surface area contributed by atoms with Crippen molar-refractivity contribution in [3.8, 4) is 11.8 Å². The van der Waals surface area contributed by atoms with Crippen LogP contribution in [0.25, 0.3) is 0 Å². The molecule has 1 saturated heterocycles. The largest absolute Gasteiger partial charge is 0.272 e. The van der Waals surface area contributed by atoms with Crippen LogP contribution in [0.4, 0.5) is 0 Å². The van der Waals surface area contributed by atoms with Gasteiger partial charge < -0.3 is 0 Å². The van der Waals surface area contributed by atoms with Crippen molar-refractivity contribution in [2.24, 2.45) is 17.8 Å². The van der Waals surface area contributed by atoms with Gasteiger partial charge >= 0.3 is 0 Å². The van der Waals surface area contributed by atoms with E-state index in [1.54, 1.807) is 0 Å². The fourth-order valence-electron chi connectivity index (χ4n) is 3.08. The van der Waals surface area contributed by atoms with E-state index in [9.17, 15) is 9.59 Å². The average molecular weight is 263 g/mol. The minimum Gasteiger partial charge on any atom is -0.272 e. The molecule has 1 aliphatic heterocycles. The van der Waals surface area contributed by atoms with Crippen molar-refractivity contribution in [3.05, 3.63) is 0 Å². The molecule has 5 heteroatoms. The predicted octanol–water partition coefficient (Wildman–Crippen LogP) is 1.44. The summed E-state index contributed by atoms with van der Waals surface area (Å²) in [6.07, 6.45) is 4.59. The number of fused-ring (bicyclic) bond motifs is 1. The summed E-state index contributed by atoms with van der Waals surface area (Å²) in [7, 11) is 0. The number of carbonyl (C=O) groups is 2. The Labute approximate surface area is 112 Å². The van der Waals surface area contributed by atoms with Crippen molar-refractivity contribution in [3.63, 3.8) is 0 Å². The van der Waals surface area contributed by atoms with Crippen molar-refractivity contribution in [1.82, 2.24) is 5.06 Å². The van der Waals surface area contributed by atoms with Crippen LogP contribution in [0.2, 0.25) is 0 Å². The molecule has 0 spiro atoms. The van der Waals surface area contributed by atoms with Crippen LogP contribution in [0.3, 0.4) is 0 Å². The van der Waals surface area contributed by atoms with Crippen LogP contribution >= 0.6 is 0 Å². The molecular formula is C14H17NO4. The zero-order valence-corrected chi connectivity index (χ0v) is 10.8. The molecule has 5 nitrogen and oxygen atoms in total. The summed E-state index contributed by atoms with van der Waals surface area (Å²) in [5.74, 6) is 7.50. The molecule has 2 unspecified atom stereocenters. The molecule has 0 aromatic rings. The van der Waals surface area contributed by atoms with Crippen LogP contribution in [-0.2, 0) is 19.5 Å². The maximum Gasteiger partial charge on any atom is 0.256 e. The highest BCUT2D eigenvalue weighted by atomic mass is 17.3. The maximum absolute atomic E-state index is 11.3. The van der Waals surface area contributed by atoms with Gasteiger partial charge in [0.05, 0.1) is 6.61 Å². The Hall–Kier alpha value is -1.38. The lowest BCUT2D eigenvalue weighted by molar-refractivity contribution is -0.395. The fourth-order valence-corrected chi connectivity index (χ4v) is 3.08. The van der Waals surface area contributed by atoms with Gasteiger partial charge in [0, 0.05) is 25.7 Å². The summed E-state index contributed by atoms with van der Waals surface area (Å²) >= 11 is 0. The Balaban J connectivity index is 1.42. The van der Waals surface area contributed by atoms with Crippen LogP contribution in [0.5, 0.6) is 0 Å². The third kappa shape index (κ3) is 2.65. The van der Waals surface area contributed by atoms with E-state index in [0.29, 0.717) is 24.4 Å². The highest BCUT2D eigenvalue weighted by molar-refractivity contribution is 6.00. The maximum atomic E-state index is 11.3. The third-order valence-electron chi connectivity index (χ3n) is 4.23. The molecule has 1 saturated carbocycles. The van der Waals surface area contributed by atoms with Gasteiger partial charge in [-0.3, -0.25) is 9.59 Å². The first-order valence-corrected chi connectivity index (χ1v) is 6.88. The second-order valence-electron chi connectivity index (χ2n) is 5.36. The number of hydrogen-bond donors (Lipinski definition) is 0. The van der Waals surface area contributed by atoms with Crippen LogP contribution in [0.15, 0.2) is 0 Å². The van der Waals surface area contributed by atoms with Gasteiger partial charge in [-0.2, -0.15) is 0 Å². The van der Waals surface area contributed by atoms with Crippen molar-refractivity contribution in [1.29, 1.82) is 0 Å². The zero-order chi connectivity index (χ0) is 13.2. The first-order chi connectivity index (χ1) is 9.27. The van der Waals surface area contributed by atoms with E-state index in [0.717, 1.165) is 30.7 Å². The fraction of sp³-hybridized carbons (Fsp3) is 0.714. The molecule has 2 fully saturated rings. The Bertz CT molecular complexity index is 416. The van der Waals surface area contributed by atoms with Gasteiger partial charge in [0.2, 0.25) is 0 Å². The first kappa shape index (κ1) is 12.6. The second-order valence-corrected chi connectivity index (χ2v) is 5.36.